The van der Waals surface area contributed by atoms with Gasteiger partial charge in [-0.05, 0) is 24.6 Å². The molecule has 0 aliphatic heterocycles. The van der Waals surface area contributed by atoms with Crippen LogP contribution < -0.4 is 15.8 Å². The van der Waals surface area contributed by atoms with Crippen LogP contribution in [0.2, 0.25) is 0 Å². The van der Waals surface area contributed by atoms with Gasteiger partial charge in [-0.15, -0.1) is 0 Å². The standard InChI is InChI=1S/C13H21N3O3S/c1-9(2)15-8-13(17)16-10(3)11-4-6-12(7-5-11)20(14,18)19/h4-7,9-10,15H,8H2,1-3H3,(H,16,17)(H2,14,18,19). The van der Waals surface area contributed by atoms with Crippen molar-refractivity contribution < 1.29 is 13.2 Å². The van der Waals surface area contributed by atoms with Crippen molar-refractivity contribution in [3.63, 3.8) is 0 Å². The molecule has 6 nitrogen and oxygen atoms in total. The Labute approximate surface area is 119 Å². The Bertz CT molecular complexity index is 553. The summed E-state index contributed by atoms with van der Waals surface area (Å²) < 4.78 is 22.3. The van der Waals surface area contributed by atoms with E-state index in [2.05, 4.69) is 10.6 Å². The van der Waals surface area contributed by atoms with E-state index in [1.807, 2.05) is 20.8 Å². The monoisotopic (exact) mass is 299 g/mol. The van der Waals surface area contributed by atoms with E-state index in [1.54, 1.807) is 12.1 Å². The highest BCUT2D eigenvalue weighted by Crippen LogP contribution is 2.15. The minimum atomic E-state index is -3.68. The first-order chi connectivity index (χ1) is 9.20. The molecule has 0 saturated heterocycles. The summed E-state index contributed by atoms with van der Waals surface area (Å²) in [5.74, 6) is -0.110. The summed E-state index contributed by atoms with van der Waals surface area (Å²) in [6.07, 6.45) is 0. The zero-order chi connectivity index (χ0) is 15.3. The zero-order valence-corrected chi connectivity index (χ0v) is 12.7. The van der Waals surface area contributed by atoms with Gasteiger partial charge >= 0.3 is 0 Å². The highest BCUT2D eigenvalue weighted by molar-refractivity contribution is 7.89. The SMILES string of the molecule is CC(C)NCC(=O)NC(C)c1ccc(S(N)(=O)=O)cc1. The van der Waals surface area contributed by atoms with Crippen LogP contribution in [0, 0.1) is 0 Å². The summed E-state index contributed by atoms with van der Waals surface area (Å²) in [7, 11) is -3.68. The number of nitrogens with one attached hydrogen (secondary N) is 2. The Kier molecular flexibility index (Phi) is 5.67. The third-order valence-electron chi connectivity index (χ3n) is 2.76. The van der Waals surface area contributed by atoms with Gasteiger partial charge in [-0.1, -0.05) is 26.0 Å². The smallest absolute Gasteiger partial charge is 0.238 e. The summed E-state index contributed by atoms with van der Waals surface area (Å²) in [6.45, 7) is 6.00. The normalized spacial score (nSPS) is 13.2. The Morgan fingerprint density at radius 2 is 1.75 bits per heavy atom. The number of benzene rings is 1. The first-order valence-corrected chi connectivity index (χ1v) is 7.90. The summed E-state index contributed by atoms with van der Waals surface area (Å²) in [6, 6.07) is 6.18. The fraction of sp³-hybridized carbons (Fsp3) is 0.462. The van der Waals surface area contributed by atoms with Crippen molar-refractivity contribution in [2.24, 2.45) is 5.14 Å². The molecular formula is C13H21N3O3S. The van der Waals surface area contributed by atoms with E-state index in [9.17, 15) is 13.2 Å². The minimum Gasteiger partial charge on any atom is -0.348 e. The third-order valence-corrected chi connectivity index (χ3v) is 3.69. The van der Waals surface area contributed by atoms with Gasteiger partial charge in [-0.25, -0.2) is 13.6 Å². The van der Waals surface area contributed by atoms with Crippen LogP contribution in [0.15, 0.2) is 29.2 Å². The lowest BCUT2D eigenvalue weighted by Crippen LogP contribution is -2.37. The number of primary sulfonamides is 1. The van der Waals surface area contributed by atoms with Gasteiger partial charge in [0.15, 0.2) is 0 Å². The molecule has 112 valence electrons. The average Bonchev–Trinajstić information content (AvgIpc) is 2.35. The maximum atomic E-state index is 11.7. The quantitative estimate of drug-likeness (QED) is 0.712. The Balaban J connectivity index is 2.64. The van der Waals surface area contributed by atoms with E-state index in [0.717, 1.165) is 5.56 Å². The minimum absolute atomic E-state index is 0.0567. The van der Waals surface area contributed by atoms with Gasteiger partial charge in [-0.2, -0.15) is 0 Å². The Morgan fingerprint density at radius 3 is 2.20 bits per heavy atom. The van der Waals surface area contributed by atoms with Crippen LogP contribution >= 0.6 is 0 Å². The van der Waals surface area contributed by atoms with E-state index in [0.29, 0.717) is 0 Å². The lowest BCUT2D eigenvalue weighted by atomic mass is 10.1. The number of carbonyl (C=O) groups excluding carboxylic acids is 1. The van der Waals surface area contributed by atoms with Gasteiger partial charge in [0.2, 0.25) is 15.9 Å². The van der Waals surface area contributed by atoms with Crippen LogP contribution in [0.25, 0.3) is 0 Å². The molecule has 0 bridgehead atoms. The zero-order valence-electron chi connectivity index (χ0n) is 11.9. The molecule has 0 heterocycles. The van der Waals surface area contributed by atoms with E-state index >= 15 is 0 Å². The second-order valence-corrected chi connectivity index (χ2v) is 6.50. The number of carbonyl (C=O) groups is 1. The van der Waals surface area contributed by atoms with Gasteiger partial charge in [-0.3, -0.25) is 4.79 Å². The molecule has 0 radical (unpaired) electrons. The summed E-state index contributed by atoms with van der Waals surface area (Å²) in [5.41, 5.74) is 0.815. The number of rotatable bonds is 6. The highest BCUT2D eigenvalue weighted by atomic mass is 32.2. The molecule has 7 heteroatoms. The molecule has 0 spiro atoms. The lowest BCUT2D eigenvalue weighted by Gasteiger charge is -2.15. The third kappa shape index (κ3) is 5.28. The molecule has 0 aliphatic rings. The fourth-order valence-corrected chi connectivity index (χ4v) is 2.13. The fourth-order valence-electron chi connectivity index (χ4n) is 1.62. The van der Waals surface area contributed by atoms with E-state index in [-0.39, 0.29) is 29.4 Å². The van der Waals surface area contributed by atoms with Crippen molar-refractivity contribution in [1.29, 1.82) is 0 Å². The van der Waals surface area contributed by atoms with Gasteiger partial charge in [0, 0.05) is 6.04 Å². The van der Waals surface area contributed by atoms with Crippen LogP contribution in [0.5, 0.6) is 0 Å². The van der Waals surface area contributed by atoms with E-state index < -0.39 is 10.0 Å². The van der Waals surface area contributed by atoms with E-state index in [4.69, 9.17) is 5.14 Å². The van der Waals surface area contributed by atoms with Crippen LogP contribution in [-0.2, 0) is 14.8 Å². The number of nitrogens with two attached hydrogens (primary N) is 1. The maximum Gasteiger partial charge on any atom is 0.238 e. The number of sulfonamides is 1. The molecule has 0 aromatic heterocycles. The molecule has 20 heavy (non-hydrogen) atoms. The van der Waals surface area contributed by atoms with Crippen LogP contribution in [0.3, 0.4) is 0 Å². The van der Waals surface area contributed by atoms with Gasteiger partial charge in [0.05, 0.1) is 17.5 Å². The largest absolute Gasteiger partial charge is 0.348 e. The van der Waals surface area contributed by atoms with Crippen molar-refractivity contribution in [1.82, 2.24) is 10.6 Å². The molecule has 1 aromatic rings. The average molecular weight is 299 g/mol. The molecule has 1 aromatic carbocycles. The van der Waals surface area contributed by atoms with Gasteiger partial charge in [0.1, 0.15) is 0 Å². The Hall–Kier alpha value is -1.44. The van der Waals surface area contributed by atoms with Crippen molar-refractivity contribution in [2.45, 2.75) is 37.8 Å². The lowest BCUT2D eigenvalue weighted by molar-refractivity contribution is -0.121. The number of hydrogen-bond donors (Lipinski definition) is 3. The second kappa shape index (κ2) is 6.83. The maximum absolute atomic E-state index is 11.7. The van der Waals surface area contributed by atoms with Crippen molar-refractivity contribution in [3.8, 4) is 0 Å². The molecule has 1 amide bonds. The molecule has 1 rings (SSSR count). The van der Waals surface area contributed by atoms with Crippen molar-refractivity contribution in [3.05, 3.63) is 29.8 Å². The van der Waals surface area contributed by atoms with Crippen LogP contribution in [0.1, 0.15) is 32.4 Å². The molecule has 0 aliphatic carbocycles. The van der Waals surface area contributed by atoms with Crippen LogP contribution in [0.4, 0.5) is 0 Å². The topological polar surface area (TPSA) is 101 Å². The summed E-state index contributed by atoms with van der Waals surface area (Å²) in [4.78, 5) is 11.7. The molecule has 1 atom stereocenters. The summed E-state index contributed by atoms with van der Waals surface area (Å²) in [5, 5.41) is 10.9. The predicted molar refractivity (Wildman–Crippen MR) is 77.5 cm³/mol. The van der Waals surface area contributed by atoms with Crippen molar-refractivity contribution >= 4 is 15.9 Å². The predicted octanol–water partition coefficient (Wildman–Crippen LogP) is 0.509. The first-order valence-electron chi connectivity index (χ1n) is 6.35. The number of amides is 1. The number of hydrogen-bond acceptors (Lipinski definition) is 4. The molecular weight excluding hydrogens is 278 g/mol. The first kappa shape index (κ1) is 16.6. The molecule has 1 unspecified atom stereocenters. The van der Waals surface area contributed by atoms with Gasteiger partial charge in [0.25, 0.3) is 0 Å². The van der Waals surface area contributed by atoms with Gasteiger partial charge < -0.3 is 10.6 Å². The highest BCUT2D eigenvalue weighted by Gasteiger charge is 2.12. The molecule has 4 N–H and O–H groups in total. The van der Waals surface area contributed by atoms with Crippen molar-refractivity contribution in [2.75, 3.05) is 6.54 Å². The Morgan fingerprint density at radius 1 is 1.20 bits per heavy atom. The van der Waals surface area contributed by atoms with E-state index in [1.165, 1.54) is 12.1 Å². The molecule has 0 saturated carbocycles. The summed E-state index contributed by atoms with van der Waals surface area (Å²) >= 11 is 0. The van der Waals surface area contributed by atoms with Crippen LogP contribution in [-0.4, -0.2) is 26.9 Å². The second-order valence-electron chi connectivity index (χ2n) is 4.94. The molecule has 0 fully saturated rings.